The summed E-state index contributed by atoms with van der Waals surface area (Å²) in [5.41, 5.74) is 0. The van der Waals surface area contributed by atoms with Crippen molar-refractivity contribution in [2.24, 2.45) is 0 Å². The highest BCUT2D eigenvalue weighted by Gasteiger charge is 2.12. The lowest BCUT2D eigenvalue weighted by Gasteiger charge is -2.07. The summed E-state index contributed by atoms with van der Waals surface area (Å²) in [6.07, 6.45) is 24.5. The molecule has 0 aromatic rings. The summed E-state index contributed by atoms with van der Waals surface area (Å²) < 4.78 is 57.2. The van der Waals surface area contributed by atoms with Crippen LogP contribution in [-0.2, 0) is 105 Å². The molecule has 0 aliphatic carbocycles. The zero-order chi connectivity index (χ0) is 63.9. The van der Waals surface area contributed by atoms with Crippen molar-refractivity contribution in [2.45, 2.75) is 264 Å². The van der Waals surface area contributed by atoms with Gasteiger partial charge in [-0.1, -0.05) is 6.58 Å². The predicted octanol–water partition coefficient (Wildman–Crippen LogP) is 11.8. The zero-order valence-electron chi connectivity index (χ0n) is 52.8. The molecule has 0 aromatic heterocycles. The van der Waals surface area contributed by atoms with E-state index in [-0.39, 0.29) is 118 Å². The molecule has 0 rings (SSSR count). The Morgan fingerprint density at radius 1 is 0.207 bits per heavy atom. The van der Waals surface area contributed by atoms with Crippen LogP contribution in [0.25, 0.3) is 0 Å². The molecule has 0 unspecified atom stereocenters. The normalized spacial score (nSPS) is 10.7. The summed E-state index contributed by atoms with van der Waals surface area (Å²) in [7, 11) is 0. The monoisotopic (exact) mass is 1240 g/mol. The number of hydrogen-bond donors (Lipinski definition) is 0. The van der Waals surface area contributed by atoms with Gasteiger partial charge in [0.15, 0.2) is 0 Å². The van der Waals surface area contributed by atoms with E-state index in [0.29, 0.717) is 213 Å². The minimum atomic E-state index is -0.456. The van der Waals surface area contributed by atoms with Crippen LogP contribution >= 0.6 is 0 Å². The quantitative estimate of drug-likeness (QED) is 0.0236. The van der Waals surface area contributed by atoms with Gasteiger partial charge in [-0.2, -0.15) is 0 Å². The second kappa shape index (κ2) is 61.6. The SMILES string of the molecule is C=CC(=O)OCCCCCC(=O)OCCCCCC(=O)OCCCCCC(=O)OCCCCCC(=O)OCCCCCC(=O)OCCCCCC(=O)OCCCCCC(=O)OCCCCCC(=O)OCCCCCC(=O)OCCCCCC(=O)OCC. The number of rotatable bonds is 62. The van der Waals surface area contributed by atoms with E-state index in [1.807, 2.05) is 0 Å². The van der Waals surface area contributed by atoms with Crippen molar-refractivity contribution in [3.8, 4) is 0 Å². The number of ether oxygens (including phenoxy) is 11. The van der Waals surface area contributed by atoms with Gasteiger partial charge in [-0.05, 0) is 200 Å². The minimum absolute atomic E-state index is 0.205. The lowest BCUT2D eigenvalue weighted by Crippen LogP contribution is -2.09. The Labute approximate surface area is 517 Å². The molecular formula is C65H108O22. The van der Waals surface area contributed by atoms with Crippen molar-refractivity contribution >= 4 is 65.7 Å². The fraction of sp³-hybridized carbons (Fsp3) is 0.800. The van der Waals surface area contributed by atoms with Gasteiger partial charge in [0, 0.05) is 70.3 Å². The first kappa shape index (κ1) is 80.9. The maximum atomic E-state index is 12.1. The van der Waals surface area contributed by atoms with Crippen LogP contribution in [0.3, 0.4) is 0 Å². The molecule has 0 aliphatic rings. The van der Waals surface area contributed by atoms with Crippen molar-refractivity contribution in [2.75, 3.05) is 72.7 Å². The highest BCUT2D eigenvalue weighted by Crippen LogP contribution is 2.12. The van der Waals surface area contributed by atoms with Crippen LogP contribution in [-0.4, -0.2) is 138 Å². The number of hydrogen-bond acceptors (Lipinski definition) is 22. The van der Waals surface area contributed by atoms with Gasteiger partial charge >= 0.3 is 65.7 Å². The first-order valence-electron chi connectivity index (χ1n) is 32.6. The number of carbonyl (C=O) groups is 11. The summed E-state index contributed by atoms with van der Waals surface area (Å²) in [6, 6.07) is 0. The zero-order valence-corrected chi connectivity index (χ0v) is 52.8. The maximum absolute atomic E-state index is 12.1. The largest absolute Gasteiger partial charge is 0.466 e. The Balaban J connectivity index is 3.51. The van der Waals surface area contributed by atoms with Crippen LogP contribution in [0, 0.1) is 0 Å². The lowest BCUT2D eigenvalue weighted by molar-refractivity contribution is -0.146. The van der Waals surface area contributed by atoms with Crippen LogP contribution in [0.1, 0.15) is 264 Å². The van der Waals surface area contributed by atoms with Gasteiger partial charge in [0.25, 0.3) is 0 Å². The topological polar surface area (TPSA) is 289 Å². The average molecular weight is 1240 g/mol. The molecule has 0 spiro atoms. The second-order valence-electron chi connectivity index (χ2n) is 21.3. The van der Waals surface area contributed by atoms with E-state index in [9.17, 15) is 52.7 Å². The van der Waals surface area contributed by atoms with E-state index in [4.69, 9.17) is 52.1 Å². The molecule has 0 amide bonds. The molecule has 0 atom stereocenters. The Morgan fingerprint density at radius 2 is 0.345 bits per heavy atom. The van der Waals surface area contributed by atoms with Gasteiger partial charge in [-0.25, -0.2) is 4.79 Å². The van der Waals surface area contributed by atoms with E-state index in [2.05, 4.69) is 6.58 Å². The van der Waals surface area contributed by atoms with Gasteiger partial charge in [-0.3, -0.25) is 47.9 Å². The molecule has 0 N–H and O–H groups in total. The fourth-order valence-electron chi connectivity index (χ4n) is 8.27. The fourth-order valence-corrected chi connectivity index (χ4v) is 8.27. The first-order chi connectivity index (χ1) is 42.2. The molecule has 500 valence electrons. The van der Waals surface area contributed by atoms with E-state index in [0.717, 1.165) is 63.9 Å². The lowest BCUT2D eigenvalue weighted by atomic mass is 10.2. The van der Waals surface area contributed by atoms with Crippen LogP contribution in [0.5, 0.6) is 0 Å². The van der Waals surface area contributed by atoms with E-state index < -0.39 is 5.97 Å². The summed E-state index contributed by atoms with van der Waals surface area (Å²) >= 11 is 0. The summed E-state index contributed by atoms with van der Waals surface area (Å²) in [5, 5.41) is 0. The average Bonchev–Trinajstić information content (AvgIpc) is 3.49. The first-order valence-corrected chi connectivity index (χ1v) is 32.6. The Morgan fingerprint density at radius 3 is 0.483 bits per heavy atom. The molecule has 22 heteroatoms. The summed E-state index contributed by atoms with van der Waals surface area (Å²) in [6.45, 7) is 8.46. The van der Waals surface area contributed by atoms with Gasteiger partial charge in [0.2, 0.25) is 0 Å². The maximum Gasteiger partial charge on any atom is 0.330 e. The third-order valence-corrected chi connectivity index (χ3v) is 13.3. The Hall–Kier alpha value is -6.09. The van der Waals surface area contributed by atoms with Crippen molar-refractivity contribution in [3.63, 3.8) is 0 Å². The molecule has 0 heterocycles. The minimum Gasteiger partial charge on any atom is -0.466 e. The third-order valence-electron chi connectivity index (χ3n) is 13.3. The van der Waals surface area contributed by atoms with Crippen LogP contribution < -0.4 is 0 Å². The second-order valence-corrected chi connectivity index (χ2v) is 21.3. The van der Waals surface area contributed by atoms with E-state index in [1.54, 1.807) is 6.92 Å². The molecule has 0 fully saturated rings. The standard InChI is InChI=1S/C65H108O22/c1-3-55(66)78-45-25-6-16-36-57(68)80-47-27-8-18-38-59(70)82-49-29-10-20-40-61(72)84-51-31-12-22-42-63(74)86-53-33-14-24-44-65(76)87-54-34-13-23-43-64(75)85-52-32-11-21-41-62(73)83-50-30-9-19-39-60(71)81-48-28-7-17-37-58(69)79-46-26-5-15-35-56(67)77-4-2/h3H,1,4-54H2,2H3. The summed E-state index contributed by atoms with van der Waals surface area (Å²) in [5.74, 6) is -3.11. The molecule has 0 aromatic carbocycles. The molecular weight excluding hydrogens is 1130 g/mol. The van der Waals surface area contributed by atoms with Crippen molar-refractivity contribution in [1.82, 2.24) is 0 Å². The van der Waals surface area contributed by atoms with Crippen molar-refractivity contribution in [1.29, 1.82) is 0 Å². The van der Waals surface area contributed by atoms with E-state index >= 15 is 0 Å². The molecule has 0 saturated carbocycles. The van der Waals surface area contributed by atoms with Gasteiger partial charge in [0.1, 0.15) is 0 Å². The Kier molecular flexibility index (Phi) is 57.2. The van der Waals surface area contributed by atoms with Crippen molar-refractivity contribution < 1.29 is 105 Å². The van der Waals surface area contributed by atoms with Crippen molar-refractivity contribution in [3.05, 3.63) is 12.7 Å². The predicted molar refractivity (Wildman–Crippen MR) is 321 cm³/mol. The smallest absolute Gasteiger partial charge is 0.330 e. The number of unbranched alkanes of at least 4 members (excludes halogenated alkanes) is 20. The highest BCUT2D eigenvalue weighted by atomic mass is 16.6. The molecule has 87 heavy (non-hydrogen) atoms. The van der Waals surface area contributed by atoms with Gasteiger partial charge in [-0.15, -0.1) is 0 Å². The molecule has 0 radical (unpaired) electrons. The Bertz CT molecular complexity index is 1870. The van der Waals surface area contributed by atoms with Gasteiger partial charge < -0.3 is 52.1 Å². The number of esters is 11. The van der Waals surface area contributed by atoms with Crippen LogP contribution in [0.4, 0.5) is 0 Å². The van der Waals surface area contributed by atoms with Gasteiger partial charge in [0.05, 0.1) is 72.7 Å². The molecule has 22 nitrogen and oxygen atoms in total. The van der Waals surface area contributed by atoms with E-state index in [1.165, 1.54) is 0 Å². The highest BCUT2D eigenvalue weighted by molar-refractivity contribution is 5.81. The molecule has 0 aliphatic heterocycles. The number of carbonyl (C=O) groups excluding carboxylic acids is 11. The van der Waals surface area contributed by atoms with Crippen LogP contribution in [0.2, 0.25) is 0 Å². The molecule has 0 bridgehead atoms. The summed E-state index contributed by atoms with van der Waals surface area (Å²) in [4.78, 5) is 130. The third kappa shape index (κ3) is 61.4. The van der Waals surface area contributed by atoms with Crippen LogP contribution in [0.15, 0.2) is 12.7 Å². The molecule has 0 saturated heterocycles.